The lowest BCUT2D eigenvalue weighted by Gasteiger charge is -2.09. The molecule has 1 aromatic rings. The minimum absolute atomic E-state index is 0.186. The molecule has 0 saturated heterocycles. The highest BCUT2D eigenvalue weighted by atomic mass is 79.9. The van der Waals surface area contributed by atoms with E-state index in [1.54, 1.807) is 0 Å². The molecule has 0 fully saturated rings. The summed E-state index contributed by atoms with van der Waals surface area (Å²) >= 11 is 3.27. The third-order valence-corrected chi connectivity index (χ3v) is 2.64. The van der Waals surface area contributed by atoms with E-state index >= 15 is 0 Å². The molecule has 0 atom stereocenters. The Hall–Kier alpha value is -1.23. The van der Waals surface area contributed by atoms with Gasteiger partial charge >= 0.3 is 5.97 Å². The number of aromatic carboxylic acids is 1. The number of hydrogen-bond donors (Lipinski definition) is 1. The van der Waals surface area contributed by atoms with Crippen LogP contribution in [-0.2, 0) is 0 Å². The van der Waals surface area contributed by atoms with Crippen molar-refractivity contribution in [3.05, 3.63) is 22.2 Å². The number of hydrogen-bond acceptors (Lipinski definition) is 3. The van der Waals surface area contributed by atoms with Gasteiger partial charge in [-0.2, -0.15) is 0 Å². The molecule has 0 unspecified atom stereocenters. The number of benzene rings is 1. The van der Waals surface area contributed by atoms with Gasteiger partial charge in [0.05, 0.1) is 23.2 Å². The molecular weight excluding hydrogens is 264 g/mol. The van der Waals surface area contributed by atoms with Crippen LogP contribution in [0.15, 0.2) is 16.6 Å². The summed E-state index contributed by atoms with van der Waals surface area (Å²) in [6, 6.07) is 2.99. The summed E-state index contributed by atoms with van der Waals surface area (Å²) in [4.78, 5) is 10.8. The number of carbonyl (C=O) groups is 1. The first-order valence-corrected chi connectivity index (χ1v) is 5.30. The van der Waals surface area contributed by atoms with Gasteiger partial charge in [-0.05, 0) is 28.1 Å². The van der Waals surface area contributed by atoms with Crippen LogP contribution in [0.3, 0.4) is 0 Å². The number of halogens is 1. The average molecular weight is 273 g/mol. The summed E-state index contributed by atoms with van der Waals surface area (Å²) in [5, 5.41) is 8.86. The highest BCUT2D eigenvalue weighted by molar-refractivity contribution is 9.10. The van der Waals surface area contributed by atoms with Gasteiger partial charge in [0.25, 0.3) is 0 Å². The Balaban J connectivity index is 2.48. The molecule has 2 rings (SSSR count). The lowest BCUT2D eigenvalue weighted by Crippen LogP contribution is -1.99. The first-order valence-electron chi connectivity index (χ1n) is 4.51. The van der Waals surface area contributed by atoms with Crippen LogP contribution in [0.5, 0.6) is 11.5 Å². The van der Waals surface area contributed by atoms with Gasteiger partial charge in [-0.3, -0.25) is 0 Å². The van der Waals surface area contributed by atoms with Crippen LogP contribution < -0.4 is 9.47 Å². The van der Waals surface area contributed by atoms with Gasteiger partial charge < -0.3 is 14.6 Å². The zero-order valence-electron chi connectivity index (χ0n) is 7.83. The second-order valence-corrected chi connectivity index (χ2v) is 4.00. The van der Waals surface area contributed by atoms with Crippen LogP contribution in [0.25, 0.3) is 0 Å². The quantitative estimate of drug-likeness (QED) is 0.853. The van der Waals surface area contributed by atoms with Crippen molar-refractivity contribution >= 4 is 21.9 Å². The zero-order chi connectivity index (χ0) is 10.8. The van der Waals surface area contributed by atoms with E-state index in [1.807, 2.05) is 0 Å². The van der Waals surface area contributed by atoms with E-state index in [0.29, 0.717) is 29.2 Å². The highest BCUT2D eigenvalue weighted by Crippen LogP contribution is 2.38. The molecular formula is C10H9BrO4. The van der Waals surface area contributed by atoms with Crippen molar-refractivity contribution in [2.24, 2.45) is 0 Å². The summed E-state index contributed by atoms with van der Waals surface area (Å²) < 4.78 is 11.5. The van der Waals surface area contributed by atoms with E-state index in [-0.39, 0.29) is 5.56 Å². The molecule has 15 heavy (non-hydrogen) atoms. The zero-order valence-corrected chi connectivity index (χ0v) is 9.41. The molecule has 0 amide bonds. The van der Waals surface area contributed by atoms with Crippen LogP contribution in [0.2, 0.25) is 0 Å². The van der Waals surface area contributed by atoms with Gasteiger partial charge in [-0.25, -0.2) is 4.79 Å². The van der Waals surface area contributed by atoms with Crippen LogP contribution in [0.4, 0.5) is 0 Å². The molecule has 1 aromatic carbocycles. The SMILES string of the molecule is O=C(O)c1cc(Br)c2c(c1)OCCCO2. The molecule has 1 aliphatic rings. The average Bonchev–Trinajstić information content (AvgIpc) is 2.42. The summed E-state index contributed by atoms with van der Waals surface area (Å²) in [5.41, 5.74) is 0.186. The molecule has 0 aromatic heterocycles. The molecule has 0 saturated carbocycles. The maximum atomic E-state index is 10.8. The fourth-order valence-corrected chi connectivity index (χ4v) is 1.91. The third-order valence-electron chi connectivity index (χ3n) is 2.05. The Bertz CT molecular complexity index is 403. The Morgan fingerprint density at radius 3 is 2.80 bits per heavy atom. The maximum absolute atomic E-state index is 10.8. The van der Waals surface area contributed by atoms with Crippen molar-refractivity contribution in [3.63, 3.8) is 0 Å². The topological polar surface area (TPSA) is 55.8 Å². The lowest BCUT2D eigenvalue weighted by atomic mass is 10.2. The van der Waals surface area contributed by atoms with Crippen molar-refractivity contribution in [2.45, 2.75) is 6.42 Å². The van der Waals surface area contributed by atoms with E-state index < -0.39 is 5.97 Å². The van der Waals surface area contributed by atoms with E-state index in [4.69, 9.17) is 14.6 Å². The van der Waals surface area contributed by atoms with E-state index in [0.717, 1.165) is 6.42 Å². The smallest absolute Gasteiger partial charge is 0.335 e. The van der Waals surface area contributed by atoms with Crippen molar-refractivity contribution in [1.29, 1.82) is 0 Å². The molecule has 0 bridgehead atoms. The third kappa shape index (κ3) is 2.07. The fourth-order valence-electron chi connectivity index (χ4n) is 1.35. The monoisotopic (exact) mass is 272 g/mol. The predicted molar refractivity (Wildman–Crippen MR) is 56.7 cm³/mol. The highest BCUT2D eigenvalue weighted by Gasteiger charge is 2.17. The van der Waals surface area contributed by atoms with Crippen LogP contribution >= 0.6 is 15.9 Å². The number of carboxylic acid groups (broad SMARTS) is 1. The normalized spacial score (nSPS) is 14.5. The summed E-state index contributed by atoms with van der Waals surface area (Å²) in [6.45, 7) is 1.13. The molecule has 0 spiro atoms. The largest absolute Gasteiger partial charge is 0.489 e. The Morgan fingerprint density at radius 2 is 2.07 bits per heavy atom. The summed E-state index contributed by atoms with van der Waals surface area (Å²) in [7, 11) is 0. The maximum Gasteiger partial charge on any atom is 0.335 e. The molecule has 5 heteroatoms. The predicted octanol–water partition coefficient (Wildman–Crippen LogP) is 2.31. The second kappa shape index (κ2) is 4.10. The van der Waals surface area contributed by atoms with Gasteiger partial charge in [0, 0.05) is 6.42 Å². The second-order valence-electron chi connectivity index (χ2n) is 3.14. The van der Waals surface area contributed by atoms with Crippen molar-refractivity contribution in [3.8, 4) is 11.5 Å². The molecule has 1 N–H and O–H groups in total. The van der Waals surface area contributed by atoms with Gasteiger partial charge in [0.15, 0.2) is 11.5 Å². The minimum Gasteiger partial charge on any atom is -0.489 e. The number of fused-ring (bicyclic) bond motifs is 1. The van der Waals surface area contributed by atoms with E-state index in [2.05, 4.69) is 15.9 Å². The molecule has 4 nitrogen and oxygen atoms in total. The molecule has 1 heterocycles. The minimum atomic E-state index is -0.980. The van der Waals surface area contributed by atoms with E-state index in [1.165, 1.54) is 12.1 Å². The molecule has 0 radical (unpaired) electrons. The fraction of sp³-hybridized carbons (Fsp3) is 0.300. The number of rotatable bonds is 1. The first kappa shape index (κ1) is 10.3. The van der Waals surface area contributed by atoms with E-state index in [9.17, 15) is 4.79 Å². The molecule has 1 aliphatic heterocycles. The van der Waals surface area contributed by atoms with Gasteiger partial charge in [0.2, 0.25) is 0 Å². The van der Waals surface area contributed by atoms with Crippen molar-refractivity contribution in [2.75, 3.05) is 13.2 Å². The van der Waals surface area contributed by atoms with Crippen LogP contribution in [0.1, 0.15) is 16.8 Å². The number of ether oxygens (including phenoxy) is 2. The van der Waals surface area contributed by atoms with Gasteiger partial charge in [-0.15, -0.1) is 0 Å². The summed E-state index contributed by atoms with van der Waals surface area (Å²) in [6.07, 6.45) is 0.795. The molecule has 0 aliphatic carbocycles. The van der Waals surface area contributed by atoms with Crippen LogP contribution in [0, 0.1) is 0 Å². The number of carboxylic acids is 1. The van der Waals surface area contributed by atoms with Gasteiger partial charge in [-0.1, -0.05) is 0 Å². The Morgan fingerprint density at radius 1 is 1.33 bits per heavy atom. The first-order chi connectivity index (χ1) is 7.18. The Labute approximate surface area is 94.9 Å². The van der Waals surface area contributed by atoms with Crippen LogP contribution in [-0.4, -0.2) is 24.3 Å². The summed E-state index contributed by atoms with van der Waals surface area (Å²) in [5.74, 6) is 0.0862. The Kier molecular flexibility index (Phi) is 2.81. The molecule has 80 valence electrons. The lowest BCUT2D eigenvalue weighted by molar-refractivity contribution is 0.0696. The van der Waals surface area contributed by atoms with Crippen molar-refractivity contribution < 1.29 is 19.4 Å². The van der Waals surface area contributed by atoms with Crippen molar-refractivity contribution in [1.82, 2.24) is 0 Å². The van der Waals surface area contributed by atoms with Gasteiger partial charge in [0.1, 0.15) is 0 Å². The standard InChI is InChI=1S/C10H9BrO4/c11-7-4-6(10(12)13)5-8-9(7)15-3-1-2-14-8/h4-5H,1-3H2,(H,12,13).